The molecule has 0 saturated heterocycles. The van der Waals surface area contributed by atoms with Gasteiger partial charge in [0.05, 0.1) is 17.4 Å². The van der Waals surface area contributed by atoms with Gasteiger partial charge in [-0.15, -0.1) is 0 Å². The van der Waals surface area contributed by atoms with Gasteiger partial charge in [-0.1, -0.05) is 0 Å². The summed E-state index contributed by atoms with van der Waals surface area (Å²) in [7, 11) is 0. The van der Waals surface area contributed by atoms with Crippen LogP contribution in [0.2, 0.25) is 0 Å². The van der Waals surface area contributed by atoms with E-state index >= 15 is 0 Å². The van der Waals surface area contributed by atoms with Crippen LogP contribution < -0.4 is 16.4 Å². The average Bonchev–Trinajstić information content (AvgIpc) is 2.61. The molecular weight excluding hydrogens is 306 g/mol. The van der Waals surface area contributed by atoms with Crippen molar-refractivity contribution in [1.29, 1.82) is 0 Å². The first-order valence-electron chi connectivity index (χ1n) is 7.18. The first-order valence-corrected chi connectivity index (χ1v) is 7.18. The van der Waals surface area contributed by atoms with Crippen molar-refractivity contribution < 1.29 is 4.79 Å². The van der Waals surface area contributed by atoms with E-state index in [1.54, 1.807) is 37.1 Å². The number of carbonyl (C=O) groups excluding carboxylic acids is 1. The highest BCUT2D eigenvalue weighted by molar-refractivity contribution is 5.98. The summed E-state index contributed by atoms with van der Waals surface area (Å²) in [5.41, 5.74) is 7.34. The summed E-state index contributed by atoms with van der Waals surface area (Å²) in [5.74, 6) is 0.528. The van der Waals surface area contributed by atoms with Crippen molar-refractivity contribution in [1.82, 2.24) is 19.9 Å². The highest BCUT2D eigenvalue weighted by Crippen LogP contribution is 2.21. The van der Waals surface area contributed by atoms with E-state index in [-0.39, 0.29) is 0 Å². The number of pyridine rings is 2. The van der Waals surface area contributed by atoms with Gasteiger partial charge < -0.3 is 16.4 Å². The van der Waals surface area contributed by atoms with Crippen molar-refractivity contribution in [3.63, 3.8) is 0 Å². The van der Waals surface area contributed by atoms with Crippen LogP contribution in [0, 0.1) is 0 Å². The zero-order valence-electron chi connectivity index (χ0n) is 12.7. The lowest BCUT2D eigenvalue weighted by atomic mass is 10.2. The summed E-state index contributed by atoms with van der Waals surface area (Å²) < 4.78 is 0. The topological polar surface area (TPSA) is 119 Å². The Hall–Kier alpha value is -3.55. The maximum absolute atomic E-state index is 11.6. The summed E-state index contributed by atoms with van der Waals surface area (Å²) >= 11 is 0. The molecule has 0 radical (unpaired) electrons. The summed E-state index contributed by atoms with van der Waals surface area (Å²) in [6.45, 7) is 0.525. The summed E-state index contributed by atoms with van der Waals surface area (Å²) in [6, 6.07) is 5.48. The molecule has 8 nitrogen and oxygen atoms in total. The van der Waals surface area contributed by atoms with Gasteiger partial charge in [-0.25, -0.2) is 9.97 Å². The van der Waals surface area contributed by atoms with Crippen LogP contribution in [-0.2, 0) is 6.54 Å². The van der Waals surface area contributed by atoms with E-state index in [1.165, 1.54) is 6.20 Å². The Morgan fingerprint density at radius 3 is 2.54 bits per heavy atom. The maximum atomic E-state index is 11.6. The molecule has 0 spiro atoms. The Labute approximate surface area is 138 Å². The second kappa shape index (κ2) is 7.14. The fourth-order valence-electron chi connectivity index (χ4n) is 2.06. The van der Waals surface area contributed by atoms with Gasteiger partial charge in [-0.2, -0.15) is 0 Å². The molecule has 120 valence electrons. The van der Waals surface area contributed by atoms with Crippen molar-refractivity contribution in [2.75, 3.05) is 10.6 Å². The van der Waals surface area contributed by atoms with E-state index in [0.717, 1.165) is 5.56 Å². The molecule has 0 fully saturated rings. The van der Waals surface area contributed by atoms with Gasteiger partial charge in [0.1, 0.15) is 11.6 Å². The van der Waals surface area contributed by atoms with Crippen molar-refractivity contribution in [2.45, 2.75) is 6.54 Å². The quantitative estimate of drug-likeness (QED) is 0.632. The first kappa shape index (κ1) is 15.3. The second-order valence-electron chi connectivity index (χ2n) is 4.90. The van der Waals surface area contributed by atoms with Crippen LogP contribution >= 0.6 is 0 Å². The number of nitrogens with one attached hydrogen (secondary N) is 2. The van der Waals surface area contributed by atoms with Crippen LogP contribution in [0.5, 0.6) is 0 Å². The van der Waals surface area contributed by atoms with Gasteiger partial charge in [-0.05, 0) is 17.7 Å². The van der Waals surface area contributed by atoms with E-state index in [1.807, 2.05) is 12.1 Å². The monoisotopic (exact) mass is 321 g/mol. The van der Waals surface area contributed by atoms with E-state index in [2.05, 4.69) is 30.6 Å². The number of rotatable bonds is 6. The Bertz CT molecular complexity index is 824. The molecule has 3 heterocycles. The molecule has 0 unspecified atom stereocenters. The highest BCUT2D eigenvalue weighted by Gasteiger charge is 2.10. The summed E-state index contributed by atoms with van der Waals surface area (Å²) in [4.78, 5) is 27.8. The van der Waals surface area contributed by atoms with Gasteiger partial charge in [0.25, 0.3) is 5.91 Å². The third-order valence-corrected chi connectivity index (χ3v) is 3.22. The SMILES string of the molecule is NC(=O)c1cnc(Nc2cnccn2)cc1NCc1ccncc1. The van der Waals surface area contributed by atoms with Crippen molar-refractivity contribution in [3.8, 4) is 0 Å². The molecule has 0 bridgehead atoms. The van der Waals surface area contributed by atoms with Gasteiger partial charge in [0.15, 0.2) is 0 Å². The lowest BCUT2D eigenvalue weighted by Gasteiger charge is -2.12. The second-order valence-corrected chi connectivity index (χ2v) is 4.90. The lowest BCUT2D eigenvalue weighted by Crippen LogP contribution is -2.15. The molecule has 0 aromatic carbocycles. The van der Waals surface area contributed by atoms with Crippen LogP contribution in [0.25, 0.3) is 0 Å². The average molecular weight is 321 g/mol. The molecule has 0 aliphatic heterocycles. The molecule has 24 heavy (non-hydrogen) atoms. The minimum atomic E-state index is -0.550. The molecule has 0 aliphatic rings. The van der Waals surface area contributed by atoms with Crippen LogP contribution in [0.3, 0.4) is 0 Å². The normalized spacial score (nSPS) is 10.2. The predicted molar refractivity (Wildman–Crippen MR) is 89.6 cm³/mol. The third kappa shape index (κ3) is 3.80. The molecule has 1 amide bonds. The zero-order chi connectivity index (χ0) is 16.8. The molecular formula is C16H15N7O. The molecule has 3 aromatic heterocycles. The van der Waals surface area contributed by atoms with Crippen LogP contribution in [0.15, 0.2) is 55.4 Å². The van der Waals surface area contributed by atoms with E-state index < -0.39 is 5.91 Å². The number of nitrogens with zero attached hydrogens (tertiary/aromatic N) is 4. The number of hydrogen-bond donors (Lipinski definition) is 3. The fourth-order valence-corrected chi connectivity index (χ4v) is 2.06. The van der Waals surface area contributed by atoms with Crippen molar-refractivity contribution >= 4 is 23.2 Å². The van der Waals surface area contributed by atoms with Crippen molar-refractivity contribution in [2.24, 2.45) is 5.73 Å². The Morgan fingerprint density at radius 1 is 1.00 bits per heavy atom. The predicted octanol–water partition coefficient (Wildman–Crippen LogP) is 1.72. The minimum Gasteiger partial charge on any atom is -0.380 e. The zero-order valence-corrected chi connectivity index (χ0v) is 12.7. The molecule has 0 aliphatic carbocycles. The number of anilines is 3. The van der Waals surface area contributed by atoms with E-state index in [0.29, 0.717) is 29.4 Å². The van der Waals surface area contributed by atoms with Gasteiger partial charge in [0.2, 0.25) is 0 Å². The van der Waals surface area contributed by atoms with Gasteiger partial charge in [-0.3, -0.25) is 14.8 Å². The summed E-state index contributed by atoms with van der Waals surface area (Å²) in [6.07, 6.45) is 9.57. The number of hydrogen-bond acceptors (Lipinski definition) is 7. The largest absolute Gasteiger partial charge is 0.380 e. The standard InChI is InChI=1S/C16H15N7O/c17-16(24)12-9-22-14(23-15-10-19-5-6-20-15)7-13(12)21-8-11-1-3-18-4-2-11/h1-7,9-10H,8H2,(H2,17,24)(H2,20,21,22,23). The van der Waals surface area contributed by atoms with Gasteiger partial charge in [0, 0.05) is 43.6 Å². The minimum absolute atomic E-state index is 0.314. The number of nitrogens with two attached hydrogens (primary N) is 1. The Balaban J connectivity index is 1.82. The lowest BCUT2D eigenvalue weighted by molar-refractivity contribution is 0.100. The Morgan fingerprint density at radius 2 is 1.83 bits per heavy atom. The Kier molecular flexibility index (Phi) is 4.57. The molecule has 3 rings (SSSR count). The number of amides is 1. The van der Waals surface area contributed by atoms with E-state index in [4.69, 9.17) is 5.73 Å². The molecule has 0 atom stereocenters. The molecule has 3 aromatic rings. The van der Waals surface area contributed by atoms with Gasteiger partial charge >= 0.3 is 0 Å². The smallest absolute Gasteiger partial charge is 0.252 e. The fraction of sp³-hybridized carbons (Fsp3) is 0.0625. The van der Waals surface area contributed by atoms with Crippen LogP contribution in [0.4, 0.5) is 17.3 Å². The third-order valence-electron chi connectivity index (χ3n) is 3.22. The summed E-state index contributed by atoms with van der Waals surface area (Å²) in [5, 5.41) is 6.21. The van der Waals surface area contributed by atoms with Crippen molar-refractivity contribution in [3.05, 3.63) is 66.5 Å². The number of aromatic nitrogens is 4. The number of carbonyl (C=O) groups is 1. The first-order chi connectivity index (χ1) is 11.7. The van der Waals surface area contributed by atoms with Crippen LogP contribution in [0.1, 0.15) is 15.9 Å². The molecule has 0 saturated carbocycles. The highest BCUT2D eigenvalue weighted by atomic mass is 16.1. The molecule has 8 heteroatoms. The maximum Gasteiger partial charge on any atom is 0.252 e. The molecule has 4 N–H and O–H groups in total. The number of primary amides is 1. The van der Waals surface area contributed by atoms with Crippen LogP contribution in [-0.4, -0.2) is 25.8 Å². The van der Waals surface area contributed by atoms with E-state index in [9.17, 15) is 4.79 Å².